The minimum atomic E-state index is -0.354. The Hall–Kier alpha value is -3.74. The van der Waals surface area contributed by atoms with Crippen LogP contribution in [-0.4, -0.2) is 27.3 Å². The zero-order valence-electron chi connectivity index (χ0n) is 17.6. The fourth-order valence-electron chi connectivity index (χ4n) is 3.43. The summed E-state index contributed by atoms with van der Waals surface area (Å²) in [5, 5.41) is 8.23. The van der Waals surface area contributed by atoms with E-state index in [1.165, 1.54) is 17.7 Å². The molecule has 0 saturated heterocycles. The van der Waals surface area contributed by atoms with Crippen LogP contribution in [-0.2, 0) is 11.3 Å². The van der Waals surface area contributed by atoms with E-state index in [9.17, 15) is 9.18 Å². The Morgan fingerprint density at radius 3 is 2.61 bits per heavy atom. The second-order valence-corrected chi connectivity index (χ2v) is 7.50. The minimum absolute atomic E-state index is 0.156. The van der Waals surface area contributed by atoms with Gasteiger partial charge in [0.05, 0.1) is 11.4 Å². The normalized spacial score (nSPS) is 11.0. The average molecular weight is 418 g/mol. The number of aromatic nitrogens is 3. The van der Waals surface area contributed by atoms with Gasteiger partial charge < -0.3 is 10.1 Å². The van der Waals surface area contributed by atoms with Gasteiger partial charge in [0.2, 0.25) is 5.88 Å². The highest BCUT2D eigenvalue weighted by atomic mass is 19.1. The molecule has 0 saturated carbocycles. The van der Waals surface area contributed by atoms with Crippen LogP contribution in [0, 0.1) is 26.6 Å². The summed E-state index contributed by atoms with van der Waals surface area (Å²) in [6, 6.07) is 15.9. The molecule has 2 aromatic carbocycles. The molecule has 158 valence electrons. The standard InChI is InChI=1S/C24H23FN4O2/c1-15-7-9-18(10-8-15)13-26-21(30)14-31-22-11-16(2)23-17(3)28-29(24(23)27-22)20-6-4-5-19(25)12-20/h4-12H,13-14H2,1-3H3,(H,26,30). The Morgan fingerprint density at radius 1 is 1.10 bits per heavy atom. The number of nitrogens with one attached hydrogen (secondary N) is 1. The van der Waals surface area contributed by atoms with Crippen LogP contribution in [0.1, 0.15) is 22.4 Å². The van der Waals surface area contributed by atoms with Crippen LogP contribution >= 0.6 is 0 Å². The van der Waals surface area contributed by atoms with Crippen LogP contribution in [0.15, 0.2) is 54.6 Å². The quantitative estimate of drug-likeness (QED) is 0.510. The van der Waals surface area contributed by atoms with Gasteiger partial charge >= 0.3 is 0 Å². The molecule has 0 unspecified atom stereocenters. The van der Waals surface area contributed by atoms with Crippen molar-refractivity contribution in [1.29, 1.82) is 0 Å². The van der Waals surface area contributed by atoms with Gasteiger partial charge in [-0.3, -0.25) is 4.79 Å². The number of nitrogens with zero attached hydrogens (tertiary/aromatic N) is 3. The Bertz CT molecular complexity index is 1250. The number of pyridine rings is 1. The lowest BCUT2D eigenvalue weighted by atomic mass is 10.1. The van der Waals surface area contributed by atoms with Crippen molar-refractivity contribution in [3.8, 4) is 11.6 Å². The predicted octanol–water partition coefficient (Wildman–Crippen LogP) is 4.18. The number of hydrogen-bond acceptors (Lipinski definition) is 4. The van der Waals surface area contributed by atoms with E-state index in [0.29, 0.717) is 23.8 Å². The summed E-state index contributed by atoms with van der Waals surface area (Å²) in [7, 11) is 0. The minimum Gasteiger partial charge on any atom is -0.468 e. The van der Waals surface area contributed by atoms with Gasteiger partial charge in [0.15, 0.2) is 12.3 Å². The van der Waals surface area contributed by atoms with Gasteiger partial charge in [-0.2, -0.15) is 10.1 Å². The second kappa shape index (κ2) is 8.55. The number of carbonyl (C=O) groups is 1. The van der Waals surface area contributed by atoms with Gasteiger partial charge in [0, 0.05) is 18.0 Å². The molecule has 0 aliphatic rings. The third-order valence-corrected chi connectivity index (χ3v) is 5.00. The van der Waals surface area contributed by atoms with Crippen molar-refractivity contribution in [2.45, 2.75) is 27.3 Å². The molecule has 4 aromatic rings. The molecule has 0 fully saturated rings. The van der Waals surface area contributed by atoms with Crippen LogP contribution in [0.4, 0.5) is 4.39 Å². The number of rotatable bonds is 6. The maximum absolute atomic E-state index is 13.7. The monoisotopic (exact) mass is 418 g/mol. The Balaban J connectivity index is 1.51. The zero-order valence-corrected chi connectivity index (χ0v) is 17.6. The molecule has 2 aromatic heterocycles. The van der Waals surface area contributed by atoms with Gasteiger partial charge in [-0.15, -0.1) is 0 Å². The highest BCUT2D eigenvalue weighted by molar-refractivity contribution is 5.84. The molecule has 0 bridgehead atoms. The van der Waals surface area contributed by atoms with Crippen molar-refractivity contribution < 1.29 is 13.9 Å². The first kappa shape index (κ1) is 20.5. The average Bonchev–Trinajstić information content (AvgIpc) is 3.09. The number of ether oxygens (including phenoxy) is 1. The molecule has 0 atom stereocenters. The summed E-state index contributed by atoms with van der Waals surface area (Å²) in [6.45, 7) is 6.10. The van der Waals surface area contributed by atoms with Crippen LogP contribution < -0.4 is 10.1 Å². The first-order chi connectivity index (χ1) is 14.9. The summed E-state index contributed by atoms with van der Waals surface area (Å²) in [6.07, 6.45) is 0. The largest absolute Gasteiger partial charge is 0.468 e. The molecule has 1 N–H and O–H groups in total. The summed E-state index contributed by atoms with van der Waals surface area (Å²) in [5.74, 6) is -0.281. The van der Waals surface area contributed by atoms with E-state index < -0.39 is 0 Å². The third-order valence-electron chi connectivity index (χ3n) is 5.00. The number of amides is 1. The Kier molecular flexibility index (Phi) is 5.66. The van der Waals surface area contributed by atoms with Gasteiger partial charge in [-0.05, 0) is 50.1 Å². The van der Waals surface area contributed by atoms with E-state index in [4.69, 9.17) is 4.74 Å². The van der Waals surface area contributed by atoms with E-state index >= 15 is 0 Å². The van der Waals surface area contributed by atoms with Crippen LogP contribution in [0.5, 0.6) is 5.88 Å². The molecule has 7 heteroatoms. The highest BCUT2D eigenvalue weighted by Crippen LogP contribution is 2.26. The molecule has 0 aliphatic carbocycles. The van der Waals surface area contributed by atoms with Crippen LogP contribution in [0.25, 0.3) is 16.7 Å². The van der Waals surface area contributed by atoms with Gasteiger partial charge in [-0.1, -0.05) is 35.9 Å². The van der Waals surface area contributed by atoms with Crippen molar-refractivity contribution in [1.82, 2.24) is 20.1 Å². The third kappa shape index (κ3) is 4.55. The number of hydrogen-bond donors (Lipinski definition) is 1. The number of fused-ring (bicyclic) bond motifs is 1. The molecule has 0 radical (unpaired) electrons. The van der Waals surface area contributed by atoms with Crippen molar-refractivity contribution in [2.24, 2.45) is 0 Å². The van der Waals surface area contributed by atoms with Gasteiger partial charge in [0.1, 0.15) is 5.82 Å². The molecular weight excluding hydrogens is 395 g/mol. The van der Waals surface area contributed by atoms with Crippen LogP contribution in [0.3, 0.4) is 0 Å². The van der Waals surface area contributed by atoms with Crippen molar-refractivity contribution in [3.63, 3.8) is 0 Å². The molecule has 0 spiro atoms. The first-order valence-electron chi connectivity index (χ1n) is 9.98. The molecule has 31 heavy (non-hydrogen) atoms. The lowest BCUT2D eigenvalue weighted by Crippen LogP contribution is -2.28. The molecule has 2 heterocycles. The number of halogens is 1. The van der Waals surface area contributed by atoms with Gasteiger partial charge in [-0.25, -0.2) is 9.07 Å². The maximum Gasteiger partial charge on any atom is 0.258 e. The predicted molar refractivity (Wildman–Crippen MR) is 117 cm³/mol. The van der Waals surface area contributed by atoms with Crippen molar-refractivity contribution in [2.75, 3.05) is 6.61 Å². The molecule has 6 nitrogen and oxygen atoms in total. The zero-order chi connectivity index (χ0) is 22.0. The highest BCUT2D eigenvalue weighted by Gasteiger charge is 2.16. The van der Waals surface area contributed by atoms with E-state index in [-0.39, 0.29) is 18.3 Å². The molecular formula is C24H23FN4O2. The lowest BCUT2D eigenvalue weighted by Gasteiger charge is -2.09. The maximum atomic E-state index is 13.7. The lowest BCUT2D eigenvalue weighted by molar-refractivity contribution is -0.123. The Labute approximate surface area is 179 Å². The topological polar surface area (TPSA) is 69.0 Å². The molecule has 4 rings (SSSR count). The van der Waals surface area contributed by atoms with Gasteiger partial charge in [0.25, 0.3) is 5.91 Å². The summed E-state index contributed by atoms with van der Waals surface area (Å²) in [5.41, 5.74) is 5.01. The summed E-state index contributed by atoms with van der Waals surface area (Å²) in [4.78, 5) is 16.8. The van der Waals surface area contributed by atoms with E-state index in [0.717, 1.165) is 22.2 Å². The fourth-order valence-corrected chi connectivity index (χ4v) is 3.43. The first-order valence-corrected chi connectivity index (χ1v) is 9.98. The molecule has 1 amide bonds. The van der Waals surface area contributed by atoms with E-state index in [2.05, 4.69) is 15.4 Å². The summed E-state index contributed by atoms with van der Waals surface area (Å²) >= 11 is 0. The van der Waals surface area contributed by atoms with Crippen LogP contribution in [0.2, 0.25) is 0 Å². The second-order valence-electron chi connectivity index (χ2n) is 7.50. The number of carbonyl (C=O) groups excluding carboxylic acids is 1. The molecule has 0 aliphatic heterocycles. The smallest absolute Gasteiger partial charge is 0.258 e. The fraction of sp³-hybridized carbons (Fsp3) is 0.208. The summed E-state index contributed by atoms with van der Waals surface area (Å²) < 4.78 is 21.0. The number of benzene rings is 2. The van der Waals surface area contributed by atoms with E-state index in [1.807, 2.05) is 45.0 Å². The SMILES string of the molecule is Cc1ccc(CNC(=O)COc2cc(C)c3c(C)nn(-c4cccc(F)c4)c3n2)cc1. The Morgan fingerprint density at radius 2 is 1.87 bits per heavy atom. The van der Waals surface area contributed by atoms with E-state index in [1.54, 1.807) is 22.9 Å². The van der Waals surface area contributed by atoms with Crippen molar-refractivity contribution in [3.05, 3.63) is 82.8 Å². The van der Waals surface area contributed by atoms with Crippen molar-refractivity contribution >= 4 is 16.9 Å². The number of aryl methyl sites for hydroxylation is 3.